The van der Waals surface area contributed by atoms with Crippen LogP contribution in [0, 0.1) is 18.8 Å². The Morgan fingerprint density at radius 1 is 1.29 bits per heavy atom. The van der Waals surface area contributed by atoms with Crippen molar-refractivity contribution in [3.05, 3.63) is 45.5 Å². The van der Waals surface area contributed by atoms with Gasteiger partial charge in [-0.05, 0) is 51.2 Å². The van der Waals surface area contributed by atoms with E-state index in [9.17, 15) is 19.8 Å². The van der Waals surface area contributed by atoms with E-state index in [0.29, 0.717) is 6.42 Å². The maximum atomic E-state index is 12.7. The molecule has 7 heteroatoms. The van der Waals surface area contributed by atoms with Crippen LogP contribution in [0.5, 0.6) is 0 Å². The average Bonchev–Trinajstić information content (AvgIpc) is 3.13. The van der Waals surface area contributed by atoms with Gasteiger partial charge in [0.1, 0.15) is 0 Å². The minimum Gasteiger partial charge on any atom is -0.392 e. The molecule has 1 aromatic rings. The number of rotatable bonds is 2. The third-order valence-electron chi connectivity index (χ3n) is 6.12. The topological polar surface area (TPSA) is 99.5 Å². The maximum Gasteiger partial charge on any atom is 0.223 e. The highest BCUT2D eigenvalue weighted by atomic mass is 32.1. The molecule has 1 aliphatic carbocycles. The fourth-order valence-electron chi connectivity index (χ4n) is 4.23. The molecule has 0 saturated heterocycles. The number of nitrogens with zero attached hydrogens (tertiary/aromatic N) is 1. The van der Waals surface area contributed by atoms with Crippen molar-refractivity contribution in [3.63, 3.8) is 0 Å². The highest BCUT2D eigenvalue weighted by Crippen LogP contribution is 2.31. The first kappa shape index (κ1) is 23.6. The molecule has 168 valence electrons. The summed E-state index contributed by atoms with van der Waals surface area (Å²) in [5.74, 6) is -1.35. The molecule has 2 bridgehead atoms. The molecule has 2 heterocycles. The molecular weight excluding hydrogens is 412 g/mol. The van der Waals surface area contributed by atoms with E-state index >= 15 is 0 Å². The molecule has 31 heavy (non-hydrogen) atoms. The fraction of sp³-hybridized carbons (Fsp3) is 0.542. The van der Waals surface area contributed by atoms with Gasteiger partial charge in [0, 0.05) is 22.8 Å². The summed E-state index contributed by atoms with van der Waals surface area (Å²) in [5.41, 5.74) is 2.11. The summed E-state index contributed by atoms with van der Waals surface area (Å²) in [5, 5.41) is 27.1. The van der Waals surface area contributed by atoms with E-state index in [1.54, 1.807) is 24.3 Å². The zero-order chi connectivity index (χ0) is 22.5. The molecule has 5 atom stereocenters. The van der Waals surface area contributed by atoms with Crippen molar-refractivity contribution in [2.24, 2.45) is 11.8 Å². The van der Waals surface area contributed by atoms with Gasteiger partial charge in [0.05, 0.1) is 35.4 Å². The van der Waals surface area contributed by atoms with Gasteiger partial charge in [0.15, 0.2) is 5.78 Å². The van der Waals surface area contributed by atoms with E-state index in [1.807, 2.05) is 25.3 Å². The first-order valence-electron chi connectivity index (χ1n) is 10.9. The van der Waals surface area contributed by atoms with Gasteiger partial charge >= 0.3 is 0 Å². The molecule has 6 nitrogen and oxygen atoms in total. The maximum absolute atomic E-state index is 12.7. The number of fused-ring (bicyclic) bond motifs is 1. The fourth-order valence-corrected chi connectivity index (χ4v) is 4.80. The third-order valence-corrected chi connectivity index (χ3v) is 6.92. The van der Waals surface area contributed by atoms with Crippen molar-refractivity contribution in [1.82, 2.24) is 10.3 Å². The SMILES string of the molecule is C/C(=C\c1csc(C)n1)[C@@H]1C/C=C\CCC[C@@H]2C=C(C(=O)[C@H](C)[C@H]2O)[C@@H](O)CC(=O)N1. The van der Waals surface area contributed by atoms with Gasteiger partial charge in [0.25, 0.3) is 0 Å². The first-order chi connectivity index (χ1) is 14.8. The van der Waals surface area contributed by atoms with Gasteiger partial charge in [-0.15, -0.1) is 11.3 Å². The lowest BCUT2D eigenvalue weighted by atomic mass is 9.76. The number of hydrogen-bond donors (Lipinski definition) is 3. The minimum atomic E-state index is -1.17. The number of hydrogen-bond acceptors (Lipinski definition) is 6. The van der Waals surface area contributed by atoms with E-state index in [1.165, 1.54) is 0 Å². The molecule has 0 unspecified atom stereocenters. The van der Waals surface area contributed by atoms with Gasteiger partial charge in [-0.3, -0.25) is 9.59 Å². The quantitative estimate of drug-likeness (QED) is 0.608. The van der Waals surface area contributed by atoms with Crippen LogP contribution in [0.3, 0.4) is 0 Å². The second kappa shape index (κ2) is 10.5. The number of aliphatic hydroxyl groups is 2. The van der Waals surface area contributed by atoms with Crippen molar-refractivity contribution >= 4 is 29.1 Å². The summed E-state index contributed by atoms with van der Waals surface area (Å²) in [7, 11) is 0. The summed E-state index contributed by atoms with van der Waals surface area (Å²) in [6.45, 7) is 5.61. The number of ketones is 1. The van der Waals surface area contributed by atoms with Crippen molar-refractivity contribution in [2.75, 3.05) is 0 Å². The Morgan fingerprint density at radius 2 is 2.06 bits per heavy atom. The summed E-state index contributed by atoms with van der Waals surface area (Å²) in [6, 6.07) is -0.217. The van der Waals surface area contributed by atoms with Gasteiger partial charge in [-0.1, -0.05) is 25.2 Å². The van der Waals surface area contributed by atoms with Crippen LogP contribution in [0.25, 0.3) is 6.08 Å². The predicted octanol–water partition coefficient (Wildman–Crippen LogP) is 3.34. The van der Waals surface area contributed by atoms with Crippen LogP contribution < -0.4 is 5.32 Å². The second-order valence-corrected chi connectivity index (χ2v) is 9.65. The number of Topliss-reactive ketones (excluding diaryl/α,β-unsaturated/α-hetero) is 1. The molecule has 1 amide bonds. The molecule has 0 spiro atoms. The summed E-state index contributed by atoms with van der Waals surface area (Å²) in [4.78, 5) is 29.8. The lowest BCUT2D eigenvalue weighted by Crippen LogP contribution is -2.42. The first-order valence-corrected chi connectivity index (χ1v) is 11.8. The molecule has 0 aromatic carbocycles. The highest BCUT2D eigenvalue weighted by molar-refractivity contribution is 7.09. The standard InChI is InChI=1S/C24H32N2O4S/c1-14(10-18-13-31-16(3)25-18)20-9-7-5-4-6-8-17-11-19(21(27)12-22(28)26-20)24(30)15(2)23(17)29/h5,7,10-11,13,15,17,20-21,23,27,29H,4,6,8-9,12H2,1-3H3,(H,26,28)/b7-5-,14-10+/t15-,17-,20+,21+,23-/m1/s1. The molecule has 0 saturated carbocycles. The van der Waals surface area contributed by atoms with E-state index < -0.39 is 18.1 Å². The Balaban J connectivity index is 1.81. The molecular formula is C24H32N2O4S. The van der Waals surface area contributed by atoms with E-state index in [4.69, 9.17) is 0 Å². The number of carbonyl (C=O) groups is 2. The number of aromatic nitrogens is 1. The Morgan fingerprint density at radius 3 is 2.77 bits per heavy atom. The van der Waals surface area contributed by atoms with E-state index in [0.717, 1.165) is 35.5 Å². The summed E-state index contributed by atoms with van der Waals surface area (Å²) in [6.07, 6.45) is 8.84. The largest absolute Gasteiger partial charge is 0.392 e. The van der Waals surface area contributed by atoms with Gasteiger partial charge in [-0.2, -0.15) is 0 Å². The molecule has 2 aliphatic rings. The van der Waals surface area contributed by atoms with Crippen LogP contribution in [0.2, 0.25) is 0 Å². The summed E-state index contributed by atoms with van der Waals surface area (Å²) >= 11 is 1.58. The minimum absolute atomic E-state index is 0.184. The summed E-state index contributed by atoms with van der Waals surface area (Å²) < 4.78 is 0. The zero-order valence-corrected chi connectivity index (χ0v) is 19.2. The Kier molecular flexibility index (Phi) is 7.97. The lowest BCUT2D eigenvalue weighted by Gasteiger charge is -2.32. The number of amides is 1. The van der Waals surface area contributed by atoms with Crippen LogP contribution >= 0.6 is 11.3 Å². The molecule has 0 fully saturated rings. The van der Waals surface area contributed by atoms with Crippen LogP contribution in [-0.4, -0.2) is 45.1 Å². The number of thiazole rings is 1. The van der Waals surface area contributed by atoms with Crippen LogP contribution in [0.4, 0.5) is 0 Å². The van der Waals surface area contributed by atoms with Crippen LogP contribution in [0.15, 0.2) is 34.8 Å². The monoisotopic (exact) mass is 444 g/mol. The highest BCUT2D eigenvalue weighted by Gasteiger charge is 2.37. The number of allylic oxidation sites excluding steroid dienone is 1. The zero-order valence-electron chi connectivity index (χ0n) is 18.4. The Hall–Kier alpha value is -2.09. The number of carbonyl (C=O) groups excluding carboxylic acids is 2. The molecule has 3 rings (SSSR count). The van der Waals surface area contributed by atoms with Crippen molar-refractivity contribution in [1.29, 1.82) is 0 Å². The van der Waals surface area contributed by atoms with Crippen molar-refractivity contribution in [2.45, 2.75) is 71.1 Å². The molecule has 0 radical (unpaired) electrons. The van der Waals surface area contributed by atoms with Gasteiger partial charge in [-0.25, -0.2) is 4.98 Å². The van der Waals surface area contributed by atoms with E-state index in [2.05, 4.69) is 22.5 Å². The third kappa shape index (κ3) is 5.99. The number of aryl methyl sites for hydroxylation is 1. The van der Waals surface area contributed by atoms with Crippen LogP contribution in [0.1, 0.15) is 56.7 Å². The Bertz CT molecular complexity index is 901. The van der Waals surface area contributed by atoms with E-state index in [-0.39, 0.29) is 35.6 Å². The predicted molar refractivity (Wildman–Crippen MR) is 122 cm³/mol. The molecule has 3 N–H and O–H groups in total. The number of nitrogens with one attached hydrogen (secondary N) is 1. The van der Waals surface area contributed by atoms with Crippen LogP contribution in [-0.2, 0) is 9.59 Å². The lowest BCUT2D eigenvalue weighted by molar-refractivity contribution is -0.126. The Labute approximate surface area is 187 Å². The van der Waals surface area contributed by atoms with Gasteiger partial charge in [0.2, 0.25) is 5.91 Å². The normalized spacial score (nSPS) is 32.1. The second-order valence-electron chi connectivity index (χ2n) is 8.59. The smallest absolute Gasteiger partial charge is 0.223 e. The average molecular weight is 445 g/mol. The van der Waals surface area contributed by atoms with Gasteiger partial charge < -0.3 is 15.5 Å². The van der Waals surface area contributed by atoms with Crippen molar-refractivity contribution < 1.29 is 19.8 Å². The van der Waals surface area contributed by atoms with Crippen molar-refractivity contribution in [3.8, 4) is 0 Å². The molecule has 1 aliphatic heterocycles. The molecule has 1 aromatic heterocycles. The number of aliphatic hydroxyl groups excluding tert-OH is 2.